The highest BCUT2D eigenvalue weighted by Crippen LogP contribution is 2.09. The van der Waals surface area contributed by atoms with E-state index in [1.165, 1.54) is 0 Å². The molecule has 0 bridgehead atoms. The van der Waals surface area contributed by atoms with Crippen molar-refractivity contribution in [3.8, 4) is 0 Å². The van der Waals surface area contributed by atoms with Crippen molar-refractivity contribution in [2.24, 2.45) is 5.92 Å². The zero-order valence-electron chi connectivity index (χ0n) is 10.1. The van der Waals surface area contributed by atoms with Crippen molar-refractivity contribution in [1.82, 2.24) is 9.80 Å². The van der Waals surface area contributed by atoms with E-state index < -0.39 is 12.0 Å². The van der Waals surface area contributed by atoms with Gasteiger partial charge in [0.25, 0.3) is 0 Å². The molecule has 5 nitrogen and oxygen atoms in total. The lowest BCUT2D eigenvalue weighted by molar-refractivity contribution is -0.147. The van der Waals surface area contributed by atoms with E-state index in [9.17, 15) is 9.59 Å². The summed E-state index contributed by atoms with van der Waals surface area (Å²) in [6.45, 7) is 8.02. The third-order valence-electron chi connectivity index (χ3n) is 2.84. The van der Waals surface area contributed by atoms with Crippen LogP contribution >= 0.6 is 0 Å². The van der Waals surface area contributed by atoms with E-state index in [0.29, 0.717) is 19.0 Å². The standard InChI is InChI=1S/C11H20N2O3/c1-8(2)6-13-5-4-12(7-10(13)14)9(3)11(15)16/h8-9H,4-7H2,1-3H3,(H,15,16). The molecule has 16 heavy (non-hydrogen) atoms. The van der Waals surface area contributed by atoms with Crippen molar-refractivity contribution in [3.63, 3.8) is 0 Å². The largest absolute Gasteiger partial charge is 0.480 e. The highest BCUT2D eigenvalue weighted by atomic mass is 16.4. The number of nitrogens with zero attached hydrogens (tertiary/aromatic N) is 2. The molecule has 0 spiro atoms. The lowest BCUT2D eigenvalue weighted by atomic mass is 10.1. The minimum absolute atomic E-state index is 0.0352. The van der Waals surface area contributed by atoms with Crippen LogP contribution < -0.4 is 0 Å². The molecule has 5 heteroatoms. The van der Waals surface area contributed by atoms with Gasteiger partial charge in [-0.05, 0) is 12.8 Å². The van der Waals surface area contributed by atoms with Gasteiger partial charge in [0.1, 0.15) is 6.04 Å². The zero-order chi connectivity index (χ0) is 12.3. The number of piperazine rings is 1. The number of hydrogen-bond acceptors (Lipinski definition) is 3. The molecule has 0 aromatic heterocycles. The highest BCUT2D eigenvalue weighted by Gasteiger charge is 2.29. The number of rotatable bonds is 4. The van der Waals surface area contributed by atoms with E-state index in [2.05, 4.69) is 13.8 Å². The number of carboxylic acid groups (broad SMARTS) is 1. The minimum atomic E-state index is -0.870. The van der Waals surface area contributed by atoms with Crippen LogP contribution in [0.15, 0.2) is 0 Å². The van der Waals surface area contributed by atoms with Crippen LogP contribution in [0.25, 0.3) is 0 Å². The van der Waals surface area contributed by atoms with Crippen molar-refractivity contribution >= 4 is 11.9 Å². The fraction of sp³-hybridized carbons (Fsp3) is 0.818. The summed E-state index contributed by atoms with van der Waals surface area (Å²) in [7, 11) is 0. The van der Waals surface area contributed by atoms with Crippen LogP contribution in [0.5, 0.6) is 0 Å². The Kier molecular flexibility index (Phi) is 4.29. The van der Waals surface area contributed by atoms with Gasteiger partial charge in [-0.25, -0.2) is 0 Å². The van der Waals surface area contributed by atoms with E-state index in [4.69, 9.17) is 5.11 Å². The average molecular weight is 228 g/mol. The molecule has 1 amide bonds. The summed E-state index contributed by atoms with van der Waals surface area (Å²) in [5.74, 6) is -0.384. The number of carboxylic acids is 1. The van der Waals surface area contributed by atoms with Crippen molar-refractivity contribution < 1.29 is 14.7 Å². The van der Waals surface area contributed by atoms with Crippen LogP contribution in [0.3, 0.4) is 0 Å². The van der Waals surface area contributed by atoms with Crippen molar-refractivity contribution in [2.45, 2.75) is 26.8 Å². The van der Waals surface area contributed by atoms with Crippen LogP contribution in [0, 0.1) is 5.92 Å². The quantitative estimate of drug-likeness (QED) is 0.749. The summed E-state index contributed by atoms with van der Waals surface area (Å²) >= 11 is 0. The van der Waals surface area contributed by atoms with Crippen molar-refractivity contribution in [3.05, 3.63) is 0 Å². The number of amides is 1. The topological polar surface area (TPSA) is 60.9 Å². The molecule has 0 saturated carbocycles. The summed E-state index contributed by atoms with van der Waals surface area (Å²) < 4.78 is 0. The molecule has 1 fully saturated rings. The minimum Gasteiger partial charge on any atom is -0.480 e. The highest BCUT2D eigenvalue weighted by molar-refractivity contribution is 5.80. The first-order chi connectivity index (χ1) is 7.41. The summed E-state index contributed by atoms with van der Waals surface area (Å²) in [6, 6.07) is -0.579. The molecule has 0 aliphatic carbocycles. The fourth-order valence-electron chi connectivity index (χ4n) is 1.85. The van der Waals surface area contributed by atoms with Gasteiger partial charge in [0.2, 0.25) is 5.91 Å². The summed E-state index contributed by atoms with van der Waals surface area (Å²) in [5.41, 5.74) is 0. The van der Waals surface area contributed by atoms with Gasteiger partial charge in [0, 0.05) is 19.6 Å². The molecule has 92 valence electrons. The van der Waals surface area contributed by atoms with E-state index in [1.54, 1.807) is 11.8 Å². The lowest BCUT2D eigenvalue weighted by Crippen LogP contribution is -2.55. The first-order valence-electron chi connectivity index (χ1n) is 5.66. The molecule has 0 aromatic rings. The van der Waals surface area contributed by atoms with E-state index in [1.807, 2.05) is 4.90 Å². The maximum Gasteiger partial charge on any atom is 0.320 e. The third kappa shape index (κ3) is 3.20. The molecular formula is C11H20N2O3. The third-order valence-corrected chi connectivity index (χ3v) is 2.84. The summed E-state index contributed by atoms with van der Waals surface area (Å²) in [6.07, 6.45) is 0. The monoisotopic (exact) mass is 228 g/mol. The molecule has 0 aromatic carbocycles. The second kappa shape index (κ2) is 5.30. The Balaban J connectivity index is 2.51. The fourth-order valence-corrected chi connectivity index (χ4v) is 1.85. The molecule has 0 radical (unpaired) electrons. The van der Waals surface area contributed by atoms with Gasteiger partial charge in [-0.2, -0.15) is 0 Å². The number of carbonyl (C=O) groups excluding carboxylic acids is 1. The first-order valence-corrected chi connectivity index (χ1v) is 5.66. The Hall–Kier alpha value is -1.10. The molecule has 1 saturated heterocycles. The molecule has 1 atom stereocenters. The Morgan fingerprint density at radius 1 is 1.38 bits per heavy atom. The normalized spacial score (nSPS) is 20.2. The second-order valence-electron chi connectivity index (χ2n) is 4.72. The van der Waals surface area contributed by atoms with Crippen molar-refractivity contribution in [2.75, 3.05) is 26.2 Å². The van der Waals surface area contributed by atoms with Crippen LogP contribution in [0.1, 0.15) is 20.8 Å². The zero-order valence-corrected chi connectivity index (χ0v) is 10.1. The maximum atomic E-state index is 11.8. The maximum absolute atomic E-state index is 11.8. The first kappa shape index (κ1) is 13.0. The van der Waals surface area contributed by atoms with E-state index >= 15 is 0 Å². The molecule has 1 aliphatic rings. The van der Waals surface area contributed by atoms with Gasteiger partial charge in [0.15, 0.2) is 0 Å². The van der Waals surface area contributed by atoms with Gasteiger partial charge in [-0.1, -0.05) is 13.8 Å². The predicted octanol–water partition coefficient (Wildman–Crippen LogP) is 0.260. The van der Waals surface area contributed by atoms with Crippen LogP contribution in [0.2, 0.25) is 0 Å². The average Bonchev–Trinajstić information content (AvgIpc) is 2.19. The Morgan fingerprint density at radius 2 is 2.00 bits per heavy atom. The number of aliphatic carboxylic acids is 1. The molecular weight excluding hydrogens is 208 g/mol. The lowest BCUT2D eigenvalue weighted by Gasteiger charge is -2.36. The number of carbonyl (C=O) groups is 2. The smallest absolute Gasteiger partial charge is 0.320 e. The Bertz CT molecular complexity index is 278. The number of hydrogen-bond donors (Lipinski definition) is 1. The van der Waals surface area contributed by atoms with Crippen LogP contribution in [-0.4, -0.2) is 59.0 Å². The summed E-state index contributed by atoms with van der Waals surface area (Å²) in [5, 5.41) is 8.87. The molecule has 1 heterocycles. The van der Waals surface area contributed by atoms with Gasteiger partial charge in [0.05, 0.1) is 6.54 Å². The van der Waals surface area contributed by atoms with Gasteiger partial charge in [-0.3, -0.25) is 14.5 Å². The van der Waals surface area contributed by atoms with E-state index in [0.717, 1.165) is 6.54 Å². The van der Waals surface area contributed by atoms with Crippen LogP contribution in [-0.2, 0) is 9.59 Å². The molecule has 1 rings (SSSR count). The second-order valence-corrected chi connectivity index (χ2v) is 4.72. The van der Waals surface area contributed by atoms with E-state index in [-0.39, 0.29) is 12.5 Å². The van der Waals surface area contributed by atoms with Gasteiger partial charge >= 0.3 is 5.97 Å². The summed E-state index contributed by atoms with van der Waals surface area (Å²) in [4.78, 5) is 26.1. The Morgan fingerprint density at radius 3 is 2.44 bits per heavy atom. The SMILES string of the molecule is CC(C)CN1CCN(C(C)C(=O)O)CC1=O. The van der Waals surface area contributed by atoms with Crippen LogP contribution in [0.4, 0.5) is 0 Å². The Labute approximate surface area is 96.0 Å². The van der Waals surface area contributed by atoms with Gasteiger partial charge in [-0.15, -0.1) is 0 Å². The van der Waals surface area contributed by atoms with Gasteiger partial charge < -0.3 is 10.0 Å². The molecule has 1 N–H and O–H groups in total. The molecule has 1 aliphatic heterocycles. The predicted molar refractivity (Wildman–Crippen MR) is 60.1 cm³/mol. The van der Waals surface area contributed by atoms with Crippen molar-refractivity contribution in [1.29, 1.82) is 0 Å². The molecule has 1 unspecified atom stereocenters.